The fraction of sp³-hybridized carbons (Fsp3) is 0.739. The molecule has 2 saturated heterocycles. The average Bonchev–Trinajstić information content (AvgIpc) is 3.52. The van der Waals surface area contributed by atoms with Crippen molar-refractivity contribution in [1.29, 1.82) is 0 Å². The Kier molecular flexibility index (Phi) is 3.78. The highest BCUT2D eigenvalue weighted by atomic mass is 16.6. The van der Waals surface area contributed by atoms with Crippen molar-refractivity contribution in [3.8, 4) is 11.5 Å². The molecule has 4 aliphatic carbocycles. The van der Waals surface area contributed by atoms with Gasteiger partial charge in [-0.1, -0.05) is 6.07 Å². The molecule has 4 bridgehead atoms. The summed E-state index contributed by atoms with van der Waals surface area (Å²) in [7, 11) is 0. The number of hydrogen-bond acceptors (Lipinski definition) is 4. The molecule has 27 heavy (non-hydrogen) atoms. The van der Waals surface area contributed by atoms with E-state index in [9.17, 15) is 0 Å². The molecule has 146 valence electrons. The highest BCUT2D eigenvalue weighted by Crippen LogP contribution is 2.63. The Morgan fingerprint density at radius 3 is 2.00 bits per heavy atom. The number of benzene rings is 1. The van der Waals surface area contributed by atoms with Crippen LogP contribution in [0.1, 0.15) is 49.7 Å². The molecule has 0 spiro atoms. The minimum absolute atomic E-state index is 0.250. The van der Waals surface area contributed by atoms with Gasteiger partial charge < -0.3 is 18.9 Å². The smallest absolute Gasteiger partial charge is 0.129 e. The van der Waals surface area contributed by atoms with E-state index in [1.165, 1.54) is 49.7 Å². The van der Waals surface area contributed by atoms with E-state index in [0.717, 1.165) is 42.5 Å². The monoisotopic (exact) mass is 370 g/mol. The summed E-state index contributed by atoms with van der Waals surface area (Å²) in [6.45, 7) is 5.17. The second kappa shape index (κ2) is 6.12. The van der Waals surface area contributed by atoms with Crippen LogP contribution in [0.2, 0.25) is 0 Å². The van der Waals surface area contributed by atoms with E-state index in [2.05, 4.69) is 19.1 Å². The van der Waals surface area contributed by atoms with Gasteiger partial charge in [0, 0.05) is 11.0 Å². The SMILES string of the molecule is Cc1ccc(OCC2CO2)c(C23CC4CC(CC(C4)C2)C3)c1OCC1CO1. The molecule has 2 unspecified atom stereocenters. The molecular formula is C23H30O4. The molecule has 0 aromatic heterocycles. The lowest BCUT2D eigenvalue weighted by Gasteiger charge is -2.57. The lowest BCUT2D eigenvalue weighted by atomic mass is 9.48. The van der Waals surface area contributed by atoms with Crippen molar-refractivity contribution in [3.05, 3.63) is 23.3 Å². The molecular weight excluding hydrogens is 340 g/mol. The van der Waals surface area contributed by atoms with Crippen LogP contribution in [0.4, 0.5) is 0 Å². The first kappa shape index (κ1) is 16.7. The van der Waals surface area contributed by atoms with Crippen LogP contribution in [0.15, 0.2) is 12.1 Å². The number of ether oxygens (including phenoxy) is 4. The predicted octanol–water partition coefficient (Wildman–Crippen LogP) is 4.02. The van der Waals surface area contributed by atoms with E-state index in [0.29, 0.717) is 13.2 Å². The zero-order chi connectivity index (χ0) is 18.0. The molecule has 2 heterocycles. The third-order valence-corrected chi connectivity index (χ3v) is 7.53. The molecule has 2 atom stereocenters. The third kappa shape index (κ3) is 3.05. The third-order valence-electron chi connectivity index (χ3n) is 7.53. The van der Waals surface area contributed by atoms with Crippen LogP contribution in [0, 0.1) is 24.7 Å². The standard InChI is InChI=1S/C23H30O4/c1-14-2-3-20(26-12-18-10-24-18)21(22(14)27-13-19-11-25-19)23-7-15-4-16(8-23)6-17(5-15)9-23/h2-3,15-19H,4-13H2,1H3. The van der Waals surface area contributed by atoms with Gasteiger partial charge in [0.25, 0.3) is 0 Å². The predicted molar refractivity (Wildman–Crippen MR) is 101 cm³/mol. The first-order valence-electron chi connectivity index (χ1n) is 10.8. The quantitative estimate of drug-likeness (QED) is 0.680. The summed E-state index contributed by atoms with van der Waals surface area (Å²) in [6, 6.07) is 4.35. The Balaban J connectivity index is 1.40. The zero-order valence-corrected chi connectivity index (χ0v) is 16.2. The van der Waals surface area contributed by atoms with Gasteiger partial charge in [-0.05, 0) is 74.8 Å². The van der Waals surface area contributed by atoms with Crippen molar-refractivity contribution in [2.75, 3.05) is 26.4 Å². The normalized spacial score (nSPS) is 40.9. The largest absolute Gasteiger partial charge is 0.490 e. The van der Waals surface area contributed by atoms with Crippen LogP contribution < -0.4 is 9.47 Å². The van der Waals surface area contributed by atoms with Gasteiger partial charge in [0.1, 0.15) is 36.9 Å². The van der Waals surface area contributed by atoms with E-state index in [1.807, 2.05) is 0 Å². The molecule has 7 rings (SSSR count). The second-order valence-corrected chi connectivity index (χ2v) is 9.82. The molecule has 0 N–H and O–H groups in total. The van der Waals surface area contributed by atoms with Crippen LogP contribution in [0.3, 0.4) is 0 Å². The molecule has 4 nitrogen and oxygen atoms in total. The first-order valence-corrected chi connectivity index (χ1v) is 10.8. The van der Waals surface area contributed by atoms with Crippen LogP contribution in [-0.2, 0) is 14.9 Å². The summed E-state index contributed by atoms with van der Waals surface area (Å²) in [5, 5.41) is 0. The van der Waals surface area contributed by atoms with Gasteiger partial charge >= 0.3 is 0 Å². The highest BCUT2D eigenvalue weighted by Gasteiger charge is 2.53. The van der Waals surface area contributed by atoms with Gasteiger partial charge in [0.05, 0.1) is 13.2 Å². The van der Waals surface area contributed by atoms with Gasteiger partial charge in [0.15, 0.2) is 0 Å². The maximum absolute atomic E-state index is 6.41. The molecule has 1 aromatic carbocycles. The van der Waals surface area contributed by atoms with Crippen molar-refractivity contribution in [2.24, 2.45) is 17.8 Å². The molecule has 0 radical (unpaired) electrons. The van der Waals surface area contributed by atoms with Crippen LogP contribution in [0.5, 0.6) is 11.5 Å². The Hall–Kier alpha value is -1.26. The van der Waals surface area contributed by atoms with Crippen molar-refractivity contribution in [2.45, 2.75) is 63.1 Å². The molecule has 2 aliphatic heterocycles. The van der Waals surface area contributed by atoms with Crippen molar-refractivity contribution < 1.29 is 18.9 Å². The lowest BCUT2D eigenvalue weighted by Crippen LogP contribution is -2.49. The minimum atomic E-state index is 0.250. The van der Waals surface area contributed by atoms with E-state index in [1.54, 1.807) is 0 Å². The second-order valence-electron chi connectivity index (χ2n) is 9.82. The van der Waals surface area contributed by atoms with Crippen molar-refractivity contribution in [3.63, 3.8) is 0 Å². The molecule has 6 aliphatic rings. The maximum Gasteiger partial charge on any atom is 0.129 e. The average molecular weight is 370 g/mol. The Bertz CT molecular complexity index is 699. The van der Waals surface area contributed by atoms with Gasteiger partial charge in [-0.2, -0.15) is 0 Å². The van der Waals surface area contributed by atoms with Crippen LogP contribution in [-0.4, -0.2) is 38.6 Å². The number of hydrogen-bond donors (Lipinski definition) is 0. The van der Waals surface area contributed by atoms with E-state index >= 15 is 0 Å². The van der Waals surface area contributed by atoms with Gasteiger partial charge in [0.2, 0.25) is 0 Å². The summed E-state index contributed by atoms with van der Waals surface area (Å²) in [5.74, 6) is 4.83. The fourth-order valence-electron chi connectivity index (χ4n) is 6.58. The summed E-state index contributed by atoms with van der Waals surface area (Å²) >= 11 is 0. The first-order chi connectivity index (χ1) is 13.2. The summed E-state index contributed by atoms with van der Waals surface area (Å²) in [4.78, 5) is 0. The fourth-order valence-corrected chi connectivity index (χ4v) is 6.58. The van der Waals surface area contributed by atoms with Crippen molar-refractivity contribution in [1.82, 2.24) is 0 Å². The number of aryl methyl sites for hydroxylation is 1. The van der Waals surface area contributed by atoms with Crippen LogP contribution in [0.25, 0.3) is 0 Å². The lowest BCUT2D eigenvalue weighted by molar-refractivity contribution is -0.00781. The molecule has 0 amide bonds. The topological polar surface area (TPSA) is 43.5 Å². The molecule has 1 aromatic rings. The highest BCUT2D eigenvalue weighted by molar-refractivity contribution is 5.55. The Labute approximate surface area is 161 Å². The van der Waals surface area contributed by atoms with E-state index < -0.39 is 0 Å². The van der Waals surface area contributed by atoms with Crippen LogP contribution >= 0.6 is 0 Å². The summed E-state index contributed by atoms with van der Waals surface area (Å²) in [6.07, 6.45) is 8.84. The number of epoxide rings is 2. The zero-order valence-electron chi connectivity index (χ0n) is 16.2. The Morgan fingerprint density at radius 1 is 0.889 bits per heavy atom. The maximum atomic E-state index is 6.41. The van der Waals surface area contributed by atoms with Gasteiger partial charge in [-0.25, -0.2) is 0 Å². The number of rotatable bonds is 7. The van der Waals surface area contributed by atoms with E-state index in [4.69, 9.17) is 18.9 Å². The van der Waals surface area contributed by atoms with E-state index in [-0.39, 0.29) is 17.6 Å². The van der Waals surface area contributed by atoms with Crippen molar-refractivity contribution >= 4 is 0 Å². The molecule has 4 saturated carbocycles. The van der Waals surface area contributed by atoms with Gasteiger partial charge in [-0.3, -0.25) is 0 Å². The Morgan fingerprint density at radius 2 is 1.44 bits per heavy atom. The summed E-state index contributed by atoms with van der Waals surface area (Å²) in [5.41, 5.74) is 2.86. The summed E-state index contributed by atoms with van der Waals surface area (Å²) < 4.78 is 23.5. The minimum Gasteiger partial charge on any atom is -0.490 e. The molecule has 4 heteroatoms. The van der Waals surface area contributed by atoms with Gasteiger partial charge in [-0.15, -0.1) is 0 Å². The molecule has 6 fully saturated rings.